The molecule has 5 rings (SSSR count). The van der Waals surface area contributed by atoms with E-state index in [4.69, 9.17) is 4.42 Å². The molecule has 0 unspecified atom stereocenters. The predicted molar refractivity (Wildman–Crippen MR) is 124 cm³/mol. The van der Waals surface area contributed by atoms with Crippen LogP contribution >= 0.6 is 0 Å². The van der Waals surface area contributed by atoms with E-state index in [2.05, 4.69) is 15.6 Å². The van der Waals surface area contributed by atoms with Crippen LogP contribution in [0.2, 0.25) is 0 Å². The number of furan rings is 1. The molecule has 9 heteroatoms. The van der Waals surface area contributed by atoms with E-state index in [1.54, 1.807) is 10.9 Å². The van der Waals surface area contributed by atoms with Gasteiger partial charge in [-0.25, -0.2) is 4.79 Å². The van der Waals surface area contributed by atoms with Crippen LogP contribution < -0.4 is 5.32 Å². The second-order valence-electron chi connectivity index (χ2n) is 8.51. The van der Waals surface area contributed by atoms with Crippen molar-refractivity contribution in [1.82, 2.24) is 20.3 Å². The lowest BCUT2D eigenvalue weighted by Gasteiger charge is -2.03. The zero-order valence-corrected chi connectivity index (χ0v) is 18.4. The first-order chi connectivity index (χ1) is 16.5. The third-order valence-electron chi connectivity index (χ3n) is 5.85. The van der Waals surface area contributed by atoms with Crippen molar-refractivity contribution in [2.45, 2.75) is 44.7 Å². The van der Waals surface area contributed by atoms with Crippen molar-refractivity contribution < 1.29 is 24.2 Å². The van der Waals surface area contributed by atoms with Crippen LogP contribution in [0.3, 0.4) is 0 Å². The largest absolute Gasteiger partial charge is 0.507 e. The van der Waals surface area contributed by atoms with E-state index in [-0.39, 0.29) is 17.2 Å². The van der Waals surface area contributed by atoms with Crippen LogP contribution in [0.25, 0.3) is 33.6 Å². The van der Waals surface area contributed by atoms with Gasteiger partial charge >= 0.3 is 5.97 Å². The second kappa shape index (κ2) is 9.01. The van der Waals surface area contributed by atoms with Gasteiger partial charge < -0.3 is 19.9 Å². The smallest absolute Gasteiger partial charge is 0.339 e. The fraction of sp³-hybridized carbons (Fsp3) is 0.280. The molecule has 9 nitrogen and oxygen atoms in total. The molecule has 0 radical (unpaired) electrons. The Morgan fingerprint density at radius 3 is 2.68 bits per heavy atom. The molecule has 174 valence electrons. The average Bonchev–Trinajstić information content (AvgIpc) is 3.38. The molecular weight excluding hydrogens is 436 g/mol. The molecule has 2 heterocycles. The molecule has 2 aromatic heterocycles. The summed E-state index contributed by atoms with van der Waals surface area (Å²) in [4.78, 5) is 23.4. The van der Waals surface area contributed by atoms with Gasteiger partial charge in [-0.3, -0.25) is 9.48 Å². The van der Waals surface area contributed by atoms with Crippen LogP contribution in [-0.4, -0.2) is 43.1 Å². The molecule has 0 spiro atoms. The Morgan fingerprint density at radius 1 is 1.15 bits per heavy atom. The Hall–Kier alpha value is -4.14. The van der Waals surface area contributed by atoms with E-state index >= 15 is 0 Å². The normalized spacial score (nSPS) is 13.3. The third kappa shape index (κ3) is 4.50. The molecule has 3 N–H and O–H groups in total. The number of benzene rings is 2. The number of amides is 1. The van der Waals surface area contributed by atoms with Gasteiger partial charge in [0.1, 0.15) is 28.4 Å². The molecule has 1 aliphatic carbocycles. The number of fused-ring (bicyclic) bond motifs is 1. The lowest BCUT2D eigenvalue weighted by Crippen LogP contribution is -2.24. The first kappa shape index (κ1) is 21.7. The Morgan fingerprint density at radius 2 is 1.94 bits per heavy atom. The van der Waals surface area contributed by atoms with E-state index < -0.39 is 5.97 Å². The van der Waals surface area contributed by atoms with Crippen molar-refractivity contribution in [1.29, 1.82) is 0 Å². The van der Waals surface area contributed by atoms with E-state index in [1.807, 2.05) is 30.3 Å². The SMILES string of the molecule is O=C(CCCCn1cc(-c2c(-c3ccccc3)oc3cc(O)c(C(=O)O)cc23)nn1)NC1CC1. The standard InChI is InChI=1S/C25H24N4O5/c30-20-13-21-18(12-17(20)25(32)33)23(24(34-21)15-6-2-1-3-7-15)19-14-29(28-27-19)11-5-4-8-22(31)26-16-9-10-16/h1-3,6-7,12-14,16,30H,4-5,8-11H2,(H,26,31)(H,32,33). The highest BCUT2D eigenvalue weighted by Crippen LogP contribution is 2.42. The highest BCUT2D eigenvalue weighted by molar-refractivity contribution is 6.05. The summed E-state index contributed by atoms with van der Waals surface area (Å²) in [5.74, 6) is -0.991. The van der Waals surface area contributed by atoms with Crippen LogP contribution in [0.15, 0.2) is 53.1 Å². The molecule has 0 bridgehead atoms. The van der Waals surface area contributed by atoms with Gasteiger partial charge in [-0.15, -0.1) is 5.10 Å². The summed E-state index contributed by atoms with van der Waals surface area (Å²) in [6, 6.07) is 12.5. The minimum Gasteiger partial charge on any atom is -0.507 e. The zero-order valence-electron chi connectivity index (χ0n) is 18.4. The highest BCUT2D eigenvalue weighted by atomic mass is 16.4. The number of carbonyl (C=O) groups is 2. The van der Waals surface area contributed by atoms with Gasteiger partial charge in [0.05, 0.1) is 11.8 Å². The number of nitrogens with zero attached hydrogens (tertiary/aromatic N) is 3. The molecule has 34 heavy (non-hydrogen) atoms. The fourth-order valence-corrected chi connectivity index (χ4v) is 3.96. The number of hydrogen-bond acceptors (Lipinski definition) is 6. The summed E-state index contributed by atoms with van der Waals surface area (Å²) >= 11 is 0. The Kier molecular flexibility index (Phi) is 5.75. The number of aryl methyl sites for hydroxylation is 1. The number of carboxylic acids is 1. The van der Waals surface area contributed by atoms with Gasteiger partial charge in [0.2, 0.25) is 5.91 Å². The van der Waals surface area contributed by atoms with Crippen LogP contribution in [0.4, 0.5) is 0 Å². The molecule has 1 aliphatic rings. The Labute approximate surface area is 195 Å². The first-order valence-corrected chi connectivity index (χ1v) is 11.3. The van der Waals surface area contributed by atoms with Crippen molar-refractivity contribution in [3.8, 4) is 28.3 Å². The molecule has 2 aromatic carbocycles. The maximum absolute atomic E-state index is 11.8. The number of aromatic hydroxyl groups is 1. The quantitative estimate of drug-likeness (QED) is 0.319. The number of rotatable bonds is 9. The number of carboxylic acid groups (broad SMARTS) is 1. The van der Waals surface area contributed by atoms with Crippen molar-refractivity contribution >= 4 is 22.8 Å². The maximum Gasteiger partial charge on any atom is 0.339 e. The number of phenols is 1. The van der Waals surface area contributed by atoms with E-state index in [0.717, 1.165) is 31.2 Å². The lowest BCUT2D eigenvalue weighted by atomic mass is 10.0. The predicted octanol–water partition coefficient (Wildman–Crippen LogP) is 4.21. The number of carbonyl (C=O) groups excluding carboxylic acids is 1. The number of nitrogens with one attached hydrogen (secondary N) is 1. The fourth-order valence-electron chi connectivity index (χ4n) is 3.96. The van der Waals surface area contributed by atoms with Gasteiger partial charge in [0.25, 0.3) is 0 Å². The summed E-state index contributed by atoms with van der Waals surface area (Å²) in [6.45, 7) is 0.599. The van der Waals surface area contributed by atoms with Gasteiger partial charge in [0.15, 0.2) is 0 Å². The number of aromatic carboxylic acids is 1. The lowest BCUT2D eigenvalue weighted by molar-refractivity contribution is -0.121. The molecule has 1 amide bonds. The van der Waals surface area contributed by atoms with Gasteiger partial charge in [-0.2, -0.15) is 0 Å². The first-order valence-electron chi connectivity index (χ1n) is 11.3. The van der Waals surface area contributed by atoms with Crippen LogP contribution in [0, 0.1) is 0 Å². The minimum absolute atomic E-state index is 0.0941. The molecule has 1 fully saturated rings. The number of unbranched alkanes of at least 4 members (excludes halogenated alkanes) is 1. The molecule has 4 aromatic rings. The van der Waals surface area contributed by atoms with Crippen molar-refractivity contribution in [3.05, 3.63) is 54.2 Å². The summed E-state index contributed by atoms with van der Waals surface area (Å²) in [5.41, 5.74) is 2.07. The van der Waals surface area contributed by atoms with E-state index in [9.17, 15) is 19.8 Å². The van der Waals surface area contributed by atoms with Crippen LogP contribution in [0.1, 0.15) is 42.5 Å². The molecule has 0 saturated heterocycles. The van der Waals surface area contributed by atoms with Crippen molar-refractivity contribution in [3.63, 3.8) is 0 Å². The maximum atomic E-state index is 11.8. The van der Waals surface area contributed by atoms with Crippen LogP contribution in [-0.2, 0) is 11.3 Å². The molecule has 0 atom stereocenters. The monoisotopic (exact) mass is 460 g/mol. The summed E-state index contributed by atoms with van der Waals surface area (Å²) in [6.07, 6.45) is 5.95. The summed E-state index contributed by atoms with van der Waals surface area (Å²) < 4.78 is 7.76. The second-order valence-corrected chi connectivity index (χ2v) is 8.51. The number of aromatic nitrogens is 3. The van der Waals surface area contributed by atoms with Crippen LogP contribution in [0.5, 0.6) is 5.75 Å². The van der Waals surface area contributed by atoms with Gasteiger partial charge in [0, 0.05) is 36.0 Å². The summed E-state index contributed by atoms with van der Waals surface area (Å²) in [7, 11) is 0. The molecule has 1 saturated carbocycles. The molecule has 0 aliphatic heterocycles. The van der Waals surface area contributed by atoms with Gasteiger partial charge in [-0.05, 0) is 31.7 Å². The molecular formula is C25H24N4O5. The van der Waals surface area contributed by atoms with E-state index in [1.165, 1.54) is 12.1 Å². The van der Waals surface area contributed by atoms with Crippen molar-refractivity contribution in [2.75, 3.05) is 0 Å². The third-order valence-corrected chi connectivity index (χ3v) is 5.85. The van der Waals surface area contributed by atoms with E-state index in [0.29, 0.717) is 47.0 Å². The zero-order chi connectivity index (χ0) is 23.7. The topological polar surface area (TPSA) is 130 Å². The number of hydrogen-bond donors (Lipinski definition) is 3. The van der Waals surface area contributed by atoms with Crippen molar-refractivity contribution in [2.24, 2.45) is 0 Å². The highest BCUT2D eigenvalue weighted by Gasteiger charge is 2.24. The minimum atomic E-state index is -1.23. The average molecular weight is 460 g/mol. The summed E-state index contributed by atoms with van der Waals surface area (Å²) in [5, 5.41) is 31.7. The Bertz CT molecular complexity index is 1350. The van der Waals surface area contributed by atoms with Gasteiger partial charge in [-0.1, -0.05) is 35.5 Å². The Balaban J connectivity index is 1.43.